The predicted molar refractivity (Wildman–Crippen MR) is 73.5 cm³/mol. The molecule has 1 saturated heterocycles. The predicted octanol–water partition coefficient (Wildman–Crippen LogP) is 2.58. The van der Waals surface area contributed by atoms with Crippen LogP contribution in [-0.4, -0.2) is 29.9 Å². The van der Waals surface area contributed by atoms with E-state index in [9.17, 15) is 18.0 Å². The van der Waals surface area contributed by atoms with Crippen LogP contribution in [0.5, 0.6) is 0 Å². The van der Waals surface area contributed by atoms with Crippen LogP contribution < -0.4 is 5.32 Å². The summed E-state index contributed by atoms with van der Waals surface area (Å²) in [5, 5.41) is 3.26. The average Bonchev–Trinajstić information content (AvgIpc) is 2.92. The normalized spacial score (nSPS) is 18.8. The number of carbonyl (C=O) groups is 1. The third-order valence-electron chi connectivity index (χ3n) is 3.55. The molecule has 1 atom stereocenters. The molecule has 6 heteroatoms. The van der Waals surface area contributed by atoms with Crippen LogP contribution in [0.15, 0.2) is 36.9 Å². The Morgan fingerprint density at radius 2 is 2.05 bits per heavy atom. The number of likely N-dealkylation sites (tertiary alicyclic amines) is 1. The van der Waals surface area contributed by atoms with Gasteiger partial charge in [0, 0.05) is 25.7 Å². The lowest BCUT2D eigenvalue weighted by molar-refractivity contribution is -0.137. The summed E-state index contributed by atoms with van der Waals surface area (Å²) in [5.41, 5.74) is 0.145. The van der Waals surface area contributed by atoms with E-state index in [1.165, 1.54) is 18.2 Å². The third-order valence-corrected chi connectivity index (χ3v) is 3.55. The first-order valence-electron chi connectivity index (χ1n) is 6.71. The van der Waals surface area contributed by atoms with Crippen molar-refractivity contribution in [2.45, 2.75) is 25.2 Å². The first-order valence-corrected chi connectivity index (χ1v) is 6.71. The van der Waals surface area contributed by atoms with E-state index in [0.29, 0.717) is 19.6 Å². The van der Waals surface area contributed by atoms with Crippen LogP contribution in [0.4, 0.5) is 13.2 Å². The molecule has 0 spiro atoms. The highest BCUT2D eigenvalue weighted by molar-refractivity contribution is 5.87. The van der Waals surface area contributed by atoms with Gasteiger partial charge in [-0.05, 0) is 30.2 Å². The van der Waals surface area contributed by atoms with Crippen molar-refractivity contribution in [2.24, 2.45) is 0 Å². The molecule has 0 bridgehead atoms. The highest BCUT2D eigenvalue weighted by Gasteiger charge is 2.30. The minimum Gasteiger partial charge on any atom is -0.338 e. The van der Waals surface area contributed by atoms with Gasteiger partial charge in [0.15, 0.2) is 0 Å². The summed E-state index contributed by atoms with van der Waals surface area (Å²) in [6, 6.07) is 5.27. The summed E-state index contributed by atoms with van der Waals surface area (Å²) in [4.78, 5) is 13.1. The van der Waals surface area contributed by atoms with E-state index >= 15 is 0 Å². The zero-order valence-electron chi connectivity index (χ0n) is 11.5. The molecule has 21 heavy (non-hydrogen) atoms. The molecule has 0 saturated carbocycles. The van der Waals surface area contributed by atoms with Crippen LogP contribution in [0.1, 0.15) is 17.5 Å². The van der Waals surface area contributed by atoms with Gasteiger partial charge >= 0.3 is 6.18 Å². The molecule has 1 aliphatic heterocycles. The molecule has 1 fully saturated rings. The molecule has 1 amide bonds. The van der Waals surface area contributed by atoms with E-state index in [2.05, 4.69) is 11.9 Å². The highest BCUT2D eigenvalue weighted by atomic mass is 19.4. The first-order chi connectivity index (χ1) is 9.90. The SMILES string of the molecule is C=CC(=O)N1CC[C@H](NCc2ccc(C(F)(F)F)cc2)C1. The molecule has 114 valence electrons. The van der Waals surface area contributed by atoms with Gasteiger partial charge in [-0.2, -0.15) is 13.2 Å². The molecule has 0 radical (unpaired) electrons. The standard InChI is InChI=1S/C15H17F3N2O/c1-2-14(21)20-8-7-13(10-20)19-9-11-3-5-12(6-4-11)15(16,17)18/h2-6,13,19H,1,7-10H2/t13-/m0/s1. The maximum absolute atomic E-state index is 12.4. The summed E-state index contributed by atoms with van der Waals surface area (Å²) in [6.07, 6.45) is -2.18. The van der Waals surface area contributed by atoms with Crippen molar-refractivity contribution in [1.82, 2.24) is 10.2 Å². The molecular formula is C15H17F3N2O. The summed E-state index contributed by atoms with van der Waals surface area (Å²) < 4.78 is 37.3. The fourth-order valence-corrected chi connectivity index (χ4v) is 2.33. The Balaban J connectivity index is 1.84. The lowest BCUT2D eigenvalue weighted by Gasteiger charge is -2.15. The van der Waals surface area contributed by atoms with E-state index in [0.717, 1.165) is 24.1 Å². The number of alkyl halides is 3. The number of nitrogens with zero attached hydrogens (tertiary/aromatic N) is 1. The van der Waals surface area contributed by atoms with Crippen molar-refractivity contribution in [3.63, 3.8) is 0 Å². The van der Waals surface area contributed by atoms with Crippen molar-refractivity contribution < 1.29 is 18.0 Å². The fraction of sp³-hybridized carbons (Fsp3) is 0.400. The number of hydrogen-bond donors (Lipinski definition) is 1. The van der Waals surface area contributed by atoms with Crippen LogP contribution in [0.3, 0.4) is 0 Å². The molecule has 3 nitrogen and oxygen atoms in total. The summed E-state index contributed by atoms with van der Waals surface area (Å²) in [7, 11) is 0. The van der Waals surface area contributed by atoms with Gasteiger partial charge in [0.25, 0.3) is 0 Å². The molecule has 2 rings (SSSR count). The van der Waals surface area contributed by atoms with Crippen LogP contribution in [0.25, 0.3) is 0 Å². The largest absolute Gasteiger partial charge is 0.416 e. The highest BCUT2D eigenvalue weighted by Crippen LogP contribution is 2.29. The summed E-state index contributed by atoms with van der Waals surface area (Å²) >= 11 is 0. The van der Waals surface area contributed by atoms with E-state index in [4.69, 9.17) is 0 Å². The number of carbonyl (C=O) groups excluding carboxylic acids is 1. The maximum Gasteiger partial charge on any atom is 0.416 e. The molecule has 1 heterocycles. The van der Waals surface area contributed by atoms with Crippen molar-refractivity contribution in [3.05, 3.63) is 48.0 Å². The van der Waals surface area contributed by atoms with E-state index in [1.54, 1.807) is 4.90 Å². The lowest BCUT2D eigenvalue weighted by atomic mass is 10.1. The minimum absolute atomic E-state index is 0.0890. The Labute approximate surface area is 121 Å². The number of nitrogens with one attached hydrogen (secondary N) is 1. The van der Waals surface area contributed by atoms with Gasteiger partial charge in [-0.25, -0.2) is 0 Å². The smallest absolute Gasteiger partial charge is 0.338 e. The number of rotatable bonds is 4. The Morgan fingerprint density at radius 1 is 1.38 bits per heavy atom. The van der Waals surface area contributed by atoms with E-state index in [1.807, 2.05) is 0 Å². The quantitative estimate of drug-likeness (QED) is 0.867. The van der Waals surface area contributed by atoms with E-state index < -0.39 is 11.7 Å². The molecule has 0 aromatic heterocycles. The Bertz CT molecular complexity index is 511. The number of amides is 1. The van der Waals surface area contributed by atoms with Crippen LogP contribution >= 0.6 is 0 Å². The molecule has 1 aromatic rings. The molecule has 1 aliphatic rings. The van der Waals surface area contributed by atoms with Gasteiger partial charge in [-0.1, -0.05) is 18.7 Å². The zero-order valence-corrected chi connectivity index (χ0v) is 11.5. The number of hydrogen-bond acceptors (Lipinski definition) is 2. The van der Waals surface area contributed by atoms with Crippen molar-refractivity contribution >= 4 is 5.91 Å². The van der Waals surface area contributed by atoms with Gasteiger partial charge in [-0.3, -0.25) is 4.79 Å². The summed E-state index contributed by atoms with van der Waals surface area (Å²) in [5.74, 6) is -0.0890. The molecule has 1 N–H and O–H groups in total. The zero-order chi connectivity index (χ0) is 15.5. The fourth-order valence-electron chi connectivity index (χ4n) is 2.33. The Kier molecular flexibility index (Phi) is 4.67. The Morgan fingerprint density at radius 3 is 2.62 bits per heavy atom. The van der Waals surface area contributed by atoms with Crippen molar-refractivity contribution in [2.75, 3.05) is 13.1 Å². The topological polar surface area (TPSA) is 32.3 Å². The molecule has 0 aliphatic carbocycles. The van der Waals surface area contributed by atoms with Crippen LogP contribution in [0.2, 0.25) is 0 Å². The monoisotopic (exact) mass is 298 g/mol. The van der Waals surface area contributed by atoms with Gasteiger partial charge in [0.05, 0.1) is 5.56 Å². The van der Waals surface area contributed by atoms with Crippen LogP contribution in [0, 0.1) is 0 Å². The second kappa shape index (κ2) is 6.30. The second-order valence-electron chi connectivity index (χ2n) is 5.05. The average molecular weight is 298 g/mol. The lowest BCUT2D eigenvalue weighted by Crippen LogP contribution is -2.34. The first kappa shape index (κ1) is 15.6. The van der Waals surface area contributed by atoms with Gasteiger partial charge in [-0.15, -0.1) is 0 Å². The summed E-state index contributed by atoms with van der Waals surface area (Å²) in [6.45, 7) is 5.21. The van der Waals surface area contributed by atoms with Crippen molar-refractivity contribution in [3.8, 4) is 0 Å². The van der Waals surface area contributed by atoms with Crippen molar-refractivity contribution in [1.29, 1.82) is 0 Å². The third kappa shape index (κ3) is 4.07. The van der Waals surface area contributed by atoms with Gasteiger partial charge in [0.2, 0.25) is 5.91 Å². The number of benzene rings is 1. The van der Waals surface area contributed by atoms with Gasteiger partial charge in [0.1, 0.15) is 0 Å². The minimum atomic E-state index is -4.30. The Hall–Kier alpha value is -1.82. The molecule has 0 unspecified atom stereocenters. The van der Waals surface area contributed by atoms with Gasteiger partial charge < -0.3 is 10.2 Å². The maximum atomic E-state index is 12.4. The van der Waals surface area contributed by atoms with E-state index in [-0.39, 0.29) is 11.9 Å². The van der Waals surface area contributed by atoms with Crippen LogP contribution in [-0.2, 0) is 17.5 Å². The molecular weight excluding hydrogens is 281 g/mol. The number of halogens is 3. The second-order valence-corrected chi connectivity index (χ2v) is 5.05. The molecule has 1 aromatic carbocycles.